The fraction of sp³-hybridized carbons (Fsp3) is 0.250. The van der Waals surface area contributed by atoms with E-state index in [1.54, 1.807) is 29.2 Å². The van der Waals surface area contributed by atoms with Gasteiger partial charge in [0.1, 0.15) is 5.15 Å². The lowest BCUT2D eigenvalue weighted by Gasteiger charge is -2.05. The fourth-order valence-corrected chi connectivity index (χ4v) is 1.85. The number of carbonyl (C=O) groups is 1. The predicted molar refractivity (Wildman–Crippen MR) is 69.8 cm³/mol. The van der Waals surface area contributed by atoms with Crippen molar-refractivity contribution in [3.63, 3.8) is 0 Å². The van der Waals surface area contributed by atoms with Crippen LogP contribution in [0.1, 0.15) is 23.0 Å². The summed E-state index contributed by atoms with van der Waals surface area (Å²) < 4.78 is 1.67. The maximum atomic E-state index is 12.0. The van der Waals surface area contributed by atoms with Crippen molar-refractivity contribution < 1.29 is 4.79 Å². The van der Waals surface area contributed by atoms with E-state index in [2.05, 4.69) is 15.4 Å². The topological polar surface area (TPSA) is 59.8 Å². The number of hydrogen-bond donors (Lipinski definition) is 1. The van der Waals surface area contributed by atoms with Crippen LogP contribution in [0.2, 0.25) is 5.15 Å². The number of halogens is 1. The van der Waals surface area contributed by atoms with Crippen molar-refractivity contribution >= 4 is 23.2 Å². The molecule has 0 radical (unpaired) electrons. The monoisotopic (exact) mass is 264 g/mol. The van der Waals surface area contributed by atoms with Crippen LogP contribution in [0.4, 0.5) is 5.69 Å². The third-order valence-electron chi connectivity index (χ3n) is 2.49. The minimum Gasteiger partial charge on any atom is -0.319 e. The molecule has 1 N–H and O–H groups in total. The highest BCUT2D eigenvalue weighted by molar-refractivity contribution is 6.33. The number of nitrogens with zero attached hydrogens (tertiary/aromatic N) is 3. The lowest BCUT2D eigenvalue weighted by atomic mass is 10.2. The van der Waals surface area contributed by atoms with Crippen molar-refractivity contribution in [3.8, 4) is 0 Å². The minimum absolute atomic E-state index is 0.192. The van der Waals surface area contributed by atoms with Crippen molar-refractivity contribution in [3.05, 3.63) is 40.9 Å². The molecule has 6 heteroatoms. The lowest BCUT2D eigenvalue weighted by Crippen LogP contribution is -2.13. The van der Waals surface area contributed by atoms with Gasteiger partial charge in [-0.15, -0.1) is 0 Å². The van der Waals surface area contributed by atoms with Crippen LogP contribution in [0, 0.1) is 0 Å². The third kappa shape index (κ3) is 2.51. The zero-order chi connectivity index (χ0) is 13.1. The quantitative estimate of drug-likeness (QED) is 0.866. The Balaban J connectivity index is 2.24. The van der Waals surface area contributed by atoms with E-state index in [4.69, 9.17) is 11.6 Å². The Labute approximate surface area is 110 Å². The van der Waals surface area contributed by atoms with Crippen molar-refractivity contribution in [2.45, 2.75) is 13.3 Å². The maximum Gasteiger partial charge on any atom is 0.258 e. The Hall–Kier alpha value is -1.88. The molecule has 0 spiro atoms. The molecule has 94 valence electrons. The Morgan fingerprint density at radius 1 is 1.56 bits per heavy atom. The summed E-state index contributed by atoms with van der Waals surface area (Å²) >= 11 is 5.87. The van der Waals surface area contributed by atoms with E-state index < -0.39 is 0 Å². The number of anilines is 1. The van der Waals surface area contributed by atoms with Gasteiger partial charge in [0, 0.05) is 19.4 Å². The van der Waals surface area contributed by atoms with E-state index in [-0.39, 0.29) is 11.1 Å². The van der Waals surface area contributed by atoms with Crippen LogP contribution in [-0.2, 0) is 13.5 Å². The van der Waals surface area contributed by atoms with Crippen LogP contribution in [0.25, 0.3) is 0 Å². The molecule has 0 fully saturated rings. The van der Waals surface area contributed by atoms with E-state index >= 15 is 0 Å². The molecule has 0 saturated carbocycles. The smallest absolute Gasteiger partial charge is 0.258 e. The molecule has 0 atom stereocenters. The van der Waals surface area contributed by atoms with E-state index in [1.807, 2.05) is 14.0 Å². The molecule has 1 amide bonds. The molecule has 2 aromatic heterocycles. The first kappa shape index (κ1) is 12.6. The van der Waals surface area contributed by atoms with E-state index in [0.717, 1.165) is 12.1 Å². The van der Waals surface area contributed by atoms with E-state index in [1.165, 1.54) is 0 Å². The zero-order valence-corrected chi connectivity index (χ0v) is 10.9. The summed E-state index contributed by atoms with van der Waals surface area (Å²) in [6.45, 7) is 1.98. The highest BCUT2D eigenvalue weighted by atomic mass is 35.5. The molecule has 0 aliphatic rings. The van der Waals surface area contributed by atoms with Crippen LogP contribution >= 0.6 is 11.6 Å². The summed E-state index contributed by atoms with van der Waals surface area (Å²) in [6.07, 6.45) is 4.05. The summed E-state index contributed by atoms with van der Waals surface area (Å²) in [5.41, 5.74) is 1.89. The molecule has 2 heterocycles. The second-order valence-electron chi connectivity index (χ2n) is 3.81. The van der Waals surface area contributed by atoms with Gasteiger partial charge < -0.3 is 5.32 Å². The van der Waals surface area contributed by atoms with Crippen molar-refractivity contribution in [2.75, 3.05) is 5.32 Å². The lowest BCUT2D eigenvalue weighted by molar-refractivity contribution is 0.102. The number of pyridine rings is 1. The number of aromatic nitrogens is 3. The Kier molecular flexibility index (Phi) is 3.62. The standard InChI is InChI=1S/C12H13ClN4O/c1-3-9-10(7-17(2)16-9)15-12(18)8-5-4-6-14-11(8)13/h4-7H,3H2,1-2H3,(H,15,18). The van der Waals surface area contributed by atoms with Gasteiger partial charge in [-0.05, 0) is 18.6 Å². The van der Waals surface area contributed by atoms with Gasteiger partial charge in [0.25, 0.3) is 5.91 Å². The zero-order valence-electron chi connectivity index (χ0n) is 10.1. The number of nitrogens with one attached hydrogen (secondary N) is 1. The maximum absolute atomic E-state index is 12.0. The minimum atomic E-state index is -0.282. The first-order chi connectivity index (χ1) is 8.61. The summed E-state index contributed by atoms with van der Waals surface area (Å²) in [5.74, 6) is -0.282. The van der Waals surface area contributed by atoms with Crippen molar-refractivity contribution in [1.29, 1.82) is 0 Å². The molecule has 0 aliphatic heterocycles. The molecule has 0 unspecified atom stereocenters. The van der Waals surface area contributed by atoms with Gasteiger partial charge in [-0.1, -0.05) is 18.5 Å². The van der Waals surface area contributed by atoms with Crippen LogP contribution < -0.4 is 5.32 Å². The van der Waals surface area contributed by atoms with Crippen LogP contribution in [0.3, 0.4) is 0 Å². The predicted octanol–water partition coefficient (Wildman–Crippen LogP) is 2.28. The van der Waals surface area contributed by atoms with E-state index in [0.29, 0.717) is 11.3 Å². The number of hydrogen-bond acceptors (Lipinski definition) is 3. The van der Waals surface area contributed by atoms with Crippen LogP contribution in [0.5, 0.6) is 0 Å². The SMILES string of the molecule is CCc1nn(C)cc1NC(=O)c1cccnc1Cl. The largest absolute Gasteiger partial charge is 0.319 e. The molecule has 0 saturated heterocycles. The van der Waals surface area contributed by atoms with Crippen LogP contribution in [-0.4, -0.2) is 20.7 Å². The summed E-state index contributed by atoms with van der Waals surface area (Å²) in [5, 5.41) is 7.24. The van der Waals surface area contributed by atoms with E-state index in [9.17, 15) is 4.79 Å². The second-order valence-corrected chi connectivity index (χ2v) is 4.17. The van der Waals surface area contributed by atoms with Crippen molar-refractivity contribution in [2.24, 2.45) is 7.05 Å². The summed E-state index contributed by atoms with van der Waals surface area (Å²) in [6, 6.07) is 3.30. The van der Waals surface area contributed by atoms with Gasteiger partial charge in [0.2, 0.25) is 0 Å². The van der Waals surface area contributed by atoms with Gasteiger partial charge in [-0.25, -0.2) is 4.98 Å². The summed E-state index contributed by atoms with van der Waals surface area (Å²) in [7, 11) is 1.81. The van der Waals surface area contributed by atoms with Crippen molar-refractivity contribution in [1.82, 2.24) is 14.8 Å². The first-order valence-corrected chi connectivity index (χ1v) is 5.94. The normalized spacial score (nSPS) is 10.4. The Bertz CT molecular complexity index is 579. The first-order valence-electron chi connectivity index (χ1n) is 5.56. The molecular formula is C12H13ClN4O. The highest BCUT2D eigenvalue weighted by Crippen LogP contribution is 2.17. The van der Waals surface area contributed by atoms with Gasteiger partial charge >= 0.3 is 0 Å². The molecule has 0 aromatic carbocycles. The number of carbonyl (C=O) groups excluding carboxylic acids is 1. The molecule has 18 heavy (non-hydrogen) atoms. The summed E-state index contributed by atoms with van der Waals surface area (Å²) in [4.78, 5) is 15.9. The molecule has 2 aromatic rings. The van der Waals surface area contributed by atoms with Crippen LogP contribution in [0.15, 0.2) is 24.5 Å². The Morgan fingerprint density at radius 3 is 3.00 bits per heavy atom. The molecule has 2 rings (SSSR count). The Morgan fingerprint density at radius 2 is 2.33 bits per heavy atom. The third-order valence-corrected chi connectivity index (χ3v) is 2.79. The van der Waals surface area contributed by atoms with Gasteiger partial charge in [-0.2, -0.15) is 5.10 Å². The van der Waals surface area contributed by atoms with Gasteiger partial charge in [0.15, 0.2) is 0 Å². The number of amides is 1. The number of rotatable bonds is 3. The molecule has 0 bridgehead atoms. The number of aryl methyl sites for hydroxylation is 2. The highest BCUT2D eigenvalue weighted by Gasteiger charge is 2.14. The van der Waals surface area contributed by atoms with Gasteiger partial charge in [0.05, 0.1) is 16.9 Å². The molecular weight excluding hydrogens is 252 g/mol. The average Bonchev–Trinajstić information content (AvgIpc) is 2.70. The second kappa shape index (κ2) is 5.18. The van der Waals surface area contributed by atoms with Gasteiger partial charge in [-0.3, -0.25) is 9.48 Å². The fourth-order valence-electron chi connectivity index (χ4n) is 1.65. The molecule has 0 aliphatic carbocycles. The average molecular weight is 265 g/mol. The molecule has 5 nitrogen and oxygen atoms in total.